The van der Waals surface area contributed by atoms with E-state index in [1.165, 1.54) is 24.0 Å². The van der Waals surface area contributed by atoms with Crippen molar-refractivity contribution < 1.29 is 19.1 Å². The summed E-state index contributed by atoms with van der Waals surface area (Å²) in [6.07, 6.45) is 4.06. The number of anilines is 1. The Morgan fingerprint density at radius 3 is 2.66 bits per heavy atom. The molecule has 32 heavy (non-hydrogen) atoms. The predicted molar refractivity (Wildman–Crippen MR) is 124 cm³/mol. The number of carbonyl (C=O) groups excluding carboxylic acids is 2. The fourth-order valence-electron chi connectivity index (χ4n) is 4.10. The topological polar surface area (TPSA) is 70.8 Å². The van der Waals surface area contributed by atoms with Gasteiger partial charge in [-0.25, -0.2) is 0 Å². The Morgan fingerprint density at radius 1 is 1.16 bits per heavy atom. The lowest BCUT2D eigenvalue weighted by Gasteiger charge is -2.23. The van der Waals surface area contributed by atoms with Crippen LogP contribution in [0.1, 0.15) is 54.2 Å². The van der Waals surface area contributed by atoms with Gasteiger partial charge in [-0.3, -0.25) is 9.59 Å². The lowest BCUT2D eigenvalue weighted by molar-refractivity contribution is -0.140. The molecule has 0 fully saturated rings. The molecule has 1 amide bonds. The van der Waals surface area contributed by atoms with Gasteiger partial charge in [-0.05, 0) is 59.9 Å². The summed E-state index contributed by atoms with van der Waals surface area (Å²) in [5.74, 6) is 0.0664. The molecule has 0 saturated carbocycles. The van der Waals surface area contributed by atoms with Crippen molar-refractivity contribution in [2.75, 3.05) is 4.90 Å². The van der Waals surface area contributed by atoms with E-state index >= 15 is 0 Å². The number of aryl methyl sites for hydroxylation is 1. The molecule has 3 aromatic rings. The third-order valence-electron chi connectivity index (χ3n) is 6.01. The molecule has 5 nitrogen and oxygen atoms in total. The Morgan fingerprint density at radius 2 is 1.94 bits per heavy atom. The van der Waals surface area contributed by atoms with E-state index in [9.17, 15) is 14.7 Å². The summed E-state index contributed by atoms with van der Waals surface area (Å²) in [5, 5.41) is 11.4. The van der Waals surface area contributed by atoms with Crippen molar-refractivity contribution in [3.05, 3.63) is 95.0 Å². The summed E-state index contributed by atoms with van der Waals surface area (Å²) in [6.45, 7) is 6.61. The number of furan rings is 1. The summed E-state index contributed by atoms with van der Waals surface area (Å²) in [7, 11) is 0. The van der Waals surface area contributed by atoms with Gasteiger partial charge in [0.05, 0.1) is 24.9 Å². The third-order valence-corrected chi connectivity index (χ3v) is 6.01. The number of amides is 1. The smallest absolute Gasteiger partial charge is 0.264 e. The molecule has 0 saturated heterocycles. The van der Waals surface area contributed by atoms with Crippen LogP contribution in [0.25, 0.3) is 6.08 Å². The number of para-hydroxylation sites is 1. The average molecular weight is 430 g/mol. The first kappa shape index (κ1) is 21.8. The fraction of sp³-hybridized carbons (Fsp3) is 0.259. The van der Waals surface area contributed by atoms with Crippen molar-refractivity contribution >= 4 is 23.5 Å². The molecule has 1 atom stereocenters. The highest BCUT2D eigenvalue weighted by Crippen LogP contribution is 2.43. The van der Waals surface area contributed by atoms with E-state index in [1.807, 2.05) is 19.1 Å². The molecular weight excluding hydrogens is 402 g/mol. The van der Waals surface area contributed by atoms with Crippen molar-refractivity contribution in [2.24, 2.45) is 0 Å². The first-order valence-corrected chi connectivity index (χ1v) is 10.8. The van der Waals surface area contributed by atoms with Gasteiger partial charge in [0, 0.05) is 5.56 Å². The largest absolute Gasteiger partial charge is 0.465 e. The van der Waals surface area contributed by atoms with Gasteiger partial charge in [-0.2, -0.15) is 0 Å². The van der Waals surface area contributed by atoms with E-state index in [0.29, 0.717) is 29.5 Å². The van der Waals surface area contributed by atoms with Crippen molar-refractivity contribution in [2.45, 2.75) is 45.3 Å². The van der Waals surface area contributed by atoms with Crippen LogP contribution in [-0.2, 0) is 21.7 Å². The van der Waals surface area contributed by atoms with Crippen LogP contribution in [-0.4, -0.2) is 16.8 Å². The number of benzene rings is 2. The summed E-state index contributed by atoms with van der Waals surface area (Å²) in [5.41, 5.74) is 2.49. The number of nitrogens with zero attached hydrogens (tertiary/aromatic N) is 1. The van der Waals surface area contributed by atoms with E-state index in [1.54, 1.807) is 29.2 Å². The molecule has 0 spiro atoms. The molecule has 4 rings (SSSR count). The molecule has 5 heteroatoms. The van der Waals surface area contributed by atoms with Crippen molar-refractivity contribution in [3.8, 4) is 0 Å². The van der Waals surface area contributed by atoms with E-state index < -0.39 is 11.5 Å². The molecule has 1 aromatic heterocycles. The third kappa shape index (κ3) is 4.04. The van der Waals surface area contributed by atoms with Gasteiger partial charge in [0.15, 0.2) is 11.4 Å². The Bertz CT molecular complexity index is 1180. The molecular formula is C27H27NO4. The first-order chi connectivity index (χ1) is 15.3. The zero-order valence-corrected chi connectivity index (χ0v) is 18.5. The number of fused-ring (bicyclic) bond motifs is 1. The SMILES string of the molecule is Cc1ccc(C(C)C)cc1CN1C(=O)C(O)(CC(=O)/C=C/c2ccco2)c2ccccc21. The van der Waals surface area contributed by atoms with Crippen LogP contribution >= 0.6 is 0 Å². The highest BCUT2D eigenvalue weighted by molar-refractivity contribution is 6.10. The molecule has 1 aliphatic rings. The standard InChI is InChI=1S/C27H27NO4/c1-18(2)20-11-10-19(3)21(15-20)17-28-25-9-5-4-8-24(25)27(31,26(28)30)16-22(29)12-13-23-7-6-14-32-23/h4-15,18,31H,16-17H2,1-3H3/b13-12+. The fourth-order valence-corrected chi connectivity index (χ4v) is 4.10. The van der Waals surface area contributed by atoms with Crippen LogP contribution in [0.3, 0.4) is 0 Å². The second kappa shape index (κ2) is 8.60. The summed E-state index contributed by atoms with van der Waals surface area (Å²) in [4.78, 5) is 27.7. The van der Waals surface area contributed by atoms with Crippen molar-refractivity contribution in [3.63, 3.8) is 0 Å². The van der Waals surface area contributed by atoms with Gasteiger partial charge in [0.1, 0.15) is 5.76 Å². The maximum atomic E-state index is 13.5. The Kier molecular flexibility index (Phi) is 5.85. The zero-order valence-electron chi connectivity index (χ0n) is 18.5. The summed E-state index contributed by atoms with van der Waals surface area (Å²) >= 11 is 0. The molecule has 2 aromatic carbocycles. The Balaban J connectivity index is 1.63. The molecule has 1 unspecified atom stereocenters. The number of hydrogen-bond acceptors (Lipinski definition) is 4. The number of carbonyl (C=O) groups is 2. The van der Waals surface area contributed by atoms with Crippen LogP contribution in [0.5, 0.6) is 0 Å². The minimum atomic E-state index is -1.90. The molecule has 0 aliphatic carbocycles. The van der Waals surface area contributed by atoms with Gasteiger partial charge in [-0.1, -0.05) is 50.2 Å². The average Bonchev–Trinajstić information content (AvgIpc) is 3.36. The van der Waals surface area contributed by atoms with Crippen LogP contribution in [0.2, 0.25) is 0 Å². The maximum absolute atomic E-state index is 13.5. The van der Waals surface area contributed by atoms with E-state index in [2.05, 4.69) is 32.0 Å². The first-order valence-electron chi connectivity index (χ1n) is 10.8. The number of aliphatic hydroxyl groups is 1. The lowest BCUT2D eigenvalue weighted by atomic mass is 9.90. The Hall–Kier alpha value is -3.44. The van der Waals surface area contributed by atoms with Crippen LogP contribution in [0, 0.1) is 6.92 Å². The lowest BCUT2D eigenvalue weighted by Crippen LogP contribution is -2.41. The second-order valence-corrected chi connectivity index (χ2v) is 8.60. The number of hydrogen-bond donors (Lipinski definition) is 1. The summed E-state index contributed by atoms with van der Waals surface area (Å²) < 4.78 is 5.20. The number of rotatable bonds is 7. The van der Waals surface area contributed by atoms with Gasteiger partial charge in [-0.15, -0.1) is 0 Å². The molecule has 164 valence electrons. The van der Waals surface area contributed by atoms with E-state index in [0.717, 1.165) is 11.1 Å². The van der Waals surface area contributed by atoms with E-state index in [-0.39, 0.29) is 12.2 Å². The second-order valence-electron chi connectivity index (χ2n) is 8.60. The minimum Gasteiger partial charge on any atom is -0.465 e. The highest BCUT2D eigenvalue weighted by atomic mass is 16.3. The molecule has 1 aliphatic heterocycles. The van der Waals surface area contributed by atoms with Gasteiger partial charge < -0.3 is 14.4 Å². The number of ketones is 1. The van der Waals surface area contributed by atoms with Crippen LogP contribution in [0.4, 0.5) is 5.69 Å². The highest BCUT2D eigenvalue weighted by Gasteiger charge is 2.50. The Labute approximate surface area is 188 Å². The van der Waals surface area contributed by atoms with Gasteiger partial charge in [0.2, 0.25) is 0 Å². The normalized spacial score (nSPS) is 18.0. The van der Waals surface area contributed by atoms with Gasteiger partial charge in [0.25, 0.3) is 5.91 Å². The molecule has 0 bridgehead atoms. The van der Waals surface area contributed by atoms with Crippen LogP contribution < -0.4 is 4.90 Å². The van der Waals surface area contributed by atoms with Crippen LogP contribution in [0.15, 0.2) is 71.4 Å². The van der Waals surface area contributed by atoms with Gasteiger partial charge >= 0.3 is 0 Å². The van der Waals surface area contributed by atoms with Crippen molar-refractivity contribution in [1.29, 1.82) is 0 Å². The number of allylic oxidation sites excluding steroid dienone is 1. The minimum absolute atomic E-state index is 0.332. The predicted octanol–water partition coefficient (Wildman–Crippen LogP) is 5.12. The summed E-state index contributed by atoms with van der Waals surface area (Å²) in [6, 6.07) is 16.9. The monoisotopic (exact) mass is 429 g/mol. The molecule has 0 radical (unpaired) electrons. The van der Waals surface area contributed by atoms with E-state index in [4.69, 9.17) is 4.42 Å². The molecule has 2 heterocycles. The quantitative estimate of drug-likeness (QED) is 0.529. The maximum Gasteiger partial charge on any atom is 0.264 e. The zero-order chi connectivity index (χ0) is 22.9. The molecule has 1 N–H and O–H groups in total. The van der Waals surface area contributed by atoms with Crippen molar-refractivity contribution in [1.82, 2.24) is 0 Å².